The van der Waals surface area contributed by atoms with Crippen molar-refractivity contribution in [3.05, 3.63) is 11.9 Å². The summed E-state index contributed by atoms with van der Waals surface area (Å²) < 4.78 is 0.916. The van der Waals surface area contributed by atoms with E-state index in [0.29, 0.717) is 0 Å². The highest BCUT2D eigenvalue weighted by Gasteiger charge is 2.28. The van der Waals surface area contributed by atoms with Gasteiger partial charge in [0.05, 0.1) is 19.3 Å². The summed E-state index contributed by atoms with van der Waals surface area (Å²) in [6, 6.07) is 0. The van der Waals surface area contributed by atoms with Crippen LogP contribution in [0.25, 0.3) is 0 Å². The molecule has 1 rings (SSSR count). The fourth-order valence-corrected chi connectivity index (χ4v) is 1.62. The van der Waals surface area contributed by atoms with Crippen molar-refractivity contribution >= 4 is 5.84 Å². The summed E-state index contributed by atoms with van der Waals surface area (Å²) in [6.45, 7) is 7.59. The molecule has 0 bridgehead atoms. The van der Waals surface area contributed by atoms with E-state index in [1.54, 1.807) is 0 Å². The molecule has 0 spiro atoms. The minimum Gasteiger partial charge on any atom is -0.253 e. The minimum absolute atomic E-state index is 0.916. The second-order valence-corrected chi connectivity index (χ2v) is 3.77. The first-order valence-electron chi connectivity index (χ1n) is 4.69. The molecular weight excluding hydrogens is 148 g/mol. The highest BCUT2D eigenvalue weighted by Crippen LogP contribution is 2.19. The van der Waals surface area contributed by atoms with E-state index >= 15 is 0 Å². The summed E-state index contributed by atoms with van der Waals surface area (Å²) in [6.07, 6.45) is 4.77. The van der Waals surface area contributed by atoms with Crippen molar-refractivity contribution in [2.24, 2.45) is 4.99 Å². The molecule has 1 heterocycles. The van der Waals surface area contributed by atoms with Gasteiger partial charge in [-0.3, -0.25) is 4.48 Å². The van der Waals surface area contributed by atoms with Crippen LogP contribution in [0.5, 0.6) is 0 Å². The number of aliphatic imine (C=N–C) groups is 1. The van der Waals surface area contributed by atoms with E-state index in [0.717, 1.165) is 10.2 Å². The van der Waals surface area contributed by atoms with Gasteiger partial charge in [0.15, 0.2) is 0 Å². The lowest BCUT2D eigenvalue weighted by Gasteiger charge is -2.25. The molecule has 2 nitrogen and oxygen atoms in total. The molecule has 0 fully saturated rings. The van der Waals surface area contributed by atoms with Crippen molar-refractivity contribution < 1.29 is 4.48 Å². The quantitative estimate of drug-likeness (QED) is 0.573. The number of rotatable bonds is 3. The SMILES string of the molecule is CCCC[N+]1(C)C=C(C)N=C1C. The van der Waals surface area contributed by atoms with Crippen molar-refractivity contribution in [2.45, 2.75) is 33.6 Å². The van der Waals surface area contributed by atoms with Gasteiger partial charge in [-0.1, -0.05) is 13.3 Å². The van der Waals surface area contributed by atoms with E-state index in [2.05, 4.69) is 39.0 Å². The zero-order chi connectivity index (χ0) is 9.19. The van der Waals surface area contributed by atoms with Crippen LogP contribution in [-0.4, -0.2) is 23.9 Å². The van der Waals surface area contributed by atoms with Crippen LogP contribution in [0, 0.1) is 0 Å². The van der Waals surface area contributed by atoms with Gasteiger partial charge < -0.3 is 0 Å². The number of hydrogen-bond acceptors (Lipinski definition) is 1. The monoisotopic (exact) mass is 167 g/mol. The van der Waals surface area contributed by atoms with Gasteiger partial charge in [0.1, 0.15) is 6.20 Å². The van der Waals surface area contributed by atoms with Crippen molar-refractivity contribution in [1.29, 1.82) is 0 Å². The minimum atomic E-state index is 0.916. The fourth-order valence-electron chi connectivity index (χ4n) is 1.62. The molecule has 1 aliphatic heterocycles. The molecule has 1 atom stereocenters. The van der Waals surface area contributed by atoms with Crippen molar-refractivity contribution in [1.82, 2.24) is 0 Å². The summed E-state index contributed by atoms with van der Waals surface area (Å²) >= 11 is 0. The molecule has 0 aromatic carbocycles. The Morgan fingerprint density at radius 2 is 2.08 bits per heavy atom. The molecule has 68 valence electrons. The van der Waals surface area contributed by atoms with Crippen molar-refractivity contribution in [3.8, 4) is 0 Å². The van der Waals surface area contributed by atoms with Gasteiger partial charge in [0.2, 0.25) is 5.84 Å². The first-order valence-corrected chi connectivity index (χ1v) is 4.69. The number of amidine groups is 1. The standard InChI is InChI=1S/C10H19N2/c1-5-6-7-12(4)8-9(2)11-10(12)3/h8H,5-7H2,1-4H3/q+1. The summed E-state index contributed by atoms with van der Waals surface area (Å²) in [5.74, 6) is 1.22. The Hall–Kier alpha value is -0.630. The van der Waals surface area contributed by atoms with Crippen LogP contribution in [0.15, 0.2) is 16.9 Å². The number of allylic oxidation sites excluding steroid dienone is 1. The van der Waals surface area contributed by atoms with Crippen LogP contribution in [0.2, 0.25) is 0 Å². The van der Waals surface area contributed by atoms with E-state index in [1.807, 2.05) is 0 Å². The molecule has 2 heteroatoms. The zero-order valence-corrected chi connectivity index (χ0v) is 8.59. The molecule has 0 radical (unpaired) electrons. The fraction of sp³-hybridized carbons (Fsp3) is 0.700. The number of hydrogen-bond donors (Lipinski definition) is 0. The summed E-state index contributed by atoms with van der Waals surface area (Å²) in [5, 5.41) is 0. The van der Waals surface area contributed by atoms with Crippen molar-refractivity contribution in [3.63, 3.8) is 0 Å². The van der Waals surface area contributed by atoms with E-state index in [-0.39, 0.29) is 0 Å². The predicted octanol–water partition coefficient (Wildman–Crippen LogP) is 2.53. The van der Waals surface area contributed by atoms with E-state index in [4.69, 9.17) is 0 Å². The van der Waals surface area contributed by atoms with Crippen LogP contribution in [-0.2, 0) is 0 Å². The van der Waals surface area contributed by atoms with E-state index in [1.165, 1.54) is 25.2 Å². The molecule has 12 heavy (non-hydrogen) atoms. The molecule has 0 aromatic heterocycles. The summed E-state index contributed by atoms with van der Waals surface area (Å²) in [4.78, 5) is 4.44. The Labute approximate surface area is 75.2 Å². The molecule has 0 amide bonds. The maximum atomic E-state index is 4.44. The molecule has 0 saturated carbocycles. The van der Waals surface area contributed by atoms with Gasteiger partial charge in [-0.15, -0.1) is 0 Å². The first kappa shape index (κ1) is 9.46. The predicted molar refractivity (Wildman–Crippen MR) is 52.8 cm³/mol. The Morgan fingerprint density at radius 1 is 1.42 bits per heavy atom. The average Bonchev–Trinajstić information content (AvgIpc) is 2.23. The topological polar surface area (TPSA) is 12.4 Å². The number of quaternary nitrogens is 1. The Morgan fingerprint density at radius 3 is 2.50 bits per heavy atom. The van der Waals surface area contributed by atoms with Crippen LogP contribution in [0.1, 0.15) is 33.6 Å². The smallest absolute Gasteiger partial charge is 0.204 e. The summed E-state index contributed by atoms with van der Waals surface area (Å²) in [5.41, 5.74) is 1.16. The van der Waals surface area contributed by atoms with Gasteiger partial charge >= 0.3 is 0 Å². The lowest BCUT2D eigenvalue weighted by atomic mass is 10.3. The third-order valence-electron chi connectivity index (χ3n) is 2.53. The third-order valence-corrected chi connectivity index (χ3v) is 2.53. The lowest BCUT2D eigenvalue weighted by molar-refractivity contribution is -0.764. The molecule has 0 aliphatic carbocycles. The molecule has 0 saturated heterocycles. The molecule has 1 unspecified atom stereocenters. The second kappa shape index (κ2) is 3.40. The van der Waals surface area contributed by atoms with Gasteiger partial charge in [-0.05, 0) is 13.3 Å². The second-order valence-electron chi connectivity index (χ2n) is 3.77. The average molecular weight is 167 g/mol. The highest BCUT2D eigenvalue weighted by atomic mass is 15.4. The van der Waals surface area contributed by atoms with Gasteiger partial charge in [-0.25, -0.2) is 4.99 Å². The molecule has 0 N–H and O–H groups in total. The van der Waals surface area contributed by atoms with E-state index < -0.39 is 0 Å². The molecular formula is C10H19N2+. The van der Waals surface area contributed by atoms with E-state index in [9.17, 15) is 0 Å². The number of unbranched alkanes of at least 4 members (excludes halogenated alkanes) is 1. The van der Waals surface area contributed by atoms with Crippen LogP contribution < -0.4 is 0 Å². The third kappa shape index (κ3) is 1.75. The van der Waals surface area contributed by atoms with Crippen molar-refractivity contribution in [2.75, 3.05) is 13.6 Å². The molecule has 0 aromatic rings. The number of nitrogens with zero attached hydrogens (tertiary/aromatic N) is 2. The van der Waals surface area contributed by atoms with Crippen LogP contribution >= 0.6 is 0 Å². The lowest BCUT2D eigenvalue weighted by Crippen LogP contribution is -2.41. The van der Waals surface area contributed by atoms with Crippen LogP contribution in [0.4, 0.5) is 0 Å². The van der Waals surface area contributed by atoms with Crippen LogP contribution in [0.3, 0.4) is 0 Å². The van der Waals surface area contributed by atoms with Gasteiger partial charge in [-0.2, -0.15) is 0 Å². The Bertz CT molecular complexity index is 228. The largest absolute Gasteiger partial charge is 0.253 e. The van der Waals surface area contributed by atoms with Gasteiger partial charge in [0, 0.05) is 6.92 Å². The summed E-state index contributed by atoms with van der Waals surface area (Å²) in [7, 11) is 2.23. The maximum absolute atomic E-state index is 4.44. The van der Waals surface area contributed by atoms with Gasteiger partial charge in [0.25, 0.3) is 0 Å². The Kier molecular flexibility index (Phi) is 2.68. The normalized spacial score (nSPS) is 28.7. The Balaban J connectivity index is 2.66. The molecule has 1 aliphatic rings. The highest BCUT2D eigenvalue weighted by molar-refractivity contribution is 5.76. The first-order chi connectivity index (χ1) is 5.58. The maximum Gasteiger partial charge on any atom is 0.204 e. The zero-order valence-electron chi connectivity index (χ0n) is 8.59.